The van der Waals surface area contributed by atoms with Gasteiger partial charge in [-0.3, -0.25) is 4.79 Å². The molecule has 0 bridgehead atoms. The lowest BCUT2D eigenvalue weighted by molar-refractivity contribution is -0.131. The van der Waals surface area contributed by atoms with E-state index in [-0.39, 0.29) is 5.91 Å². The van der Waals surface area contributed by atoms with E-state index in [1.807, 2.05) is 0 Å². The molecule has 0 saturated carbocycles. The van der Waals surface area contributed by atoms with Crippen molar-refractivity contribution in [3.8, 4) is 0 Å². The highest BCUT2D eigenvalue weighted by molar-refractivity contribution is 7.11. The number of carboxylic acids is 1. The minimum absolute atomic E-state index is 0.201. The number of hydrogen-bond donors (Lipinski definition) is 2. The molecule has 2 aromatic heterocycles. The highest BCUT2D eigenvalue weighted by atomic mass is 32.1. The van der Waals surface area contributed by atoms with Crippen LogP contribution in [0.3, 0.4) is 0 Å². The zero-order chi connectivity index (χ0) is 13.7. The van der Waals surface area contributed by atoms with Crippen LogP contribution in [0.4, 0.5) is 0 Å². The SMILES string of the molecule is O=C(O)/C=C/c1cc(C(=O)NCc2ccoc2)cs1. The monoisotopic (exact) mass is 277 g/mol. The van der Waals surface area contributed by atoms with Crippen LogP contribution in [0.1, 0.15) is 20.8 Å². The van der Waals surface area contributed by atoms with Gasteiger partial charge >= 0.3 is 5.97 Å². The molecular formula is C13H11NO4S. The second-order valence-corrected chi connectivity index (χ2v) is 4.67. The second kappa shape index (κ2) is 6.01. The summed E-state index contributed by atoms with van der Waals surface area (Å²) in [7, 11) is 0. The Morgan fingerprint density at radius 1 is 1.47 bits per heavy atom. The van der Waals surface area contributed by atoms with E-state index in [9.17, 15) is 9.59 Å². The van der Waals surface area contributed by atoms with Crippen LogP contribution in [0.2, 0.25) is 0 Å². The van der Waals surface area contributed by atoms with Gasteiger partial charge in [0.1, 0.15) is 0 Å². The van der Waals surface area contributed by atoms with Gasteiger partial charge in [-0.1, -0.05) is 0 Å². The molecule has 0 atom stereocenters. The third-order valence-electron chi connectivity index (χ3n) is 2.31. The summed E-state index contributed by atoms with van der Waals surface area (Å²) in [5, 5.41) is 12.9. The van der Waals surface area contributed by atoms with E-state index in [1.54, 1.807) is 30.0 Å². The standard InChI is InChI=1S/C13H11NO4S/c15-12(16)2-1-11-5-10(8-19-11)13(17)14-6-9-3-4-18-7-9/h1-5,7-8H,6H2,(H,14,17)(H,15,16)/b2-1+. The third-order valence-corrected chi connectivity index (χ3v) is 3.20. The van der Waals surface area contributed by atoms with E-state index in [2.05, 4.69) is 5.32 Å². The van der Waals surface area contributed by atoms with Crippen LogP contribution < -0.4 is 5.32 Å². The Balaban J connectivity index is 1.94. The van der Waals surface area contributed by atoms with Gasteiger partial charge in [0.15, 0.2) is 0 Å². The minimum atomic E-state index is -1.01. The van der Waals surface area contributed by atoms with Crippen molar-refractivity contribution in [3.05, 3.63) is 52.1 Å². The topological polar surface area (TPSA) is 79.5 Å². The number of carbonyl (C=O) groups is 2. The molecule has 0 aliphatic heterocycles. The molecule has 2 rings (SSSR count). The van der Waals surface area contributed by atoms with Crippen LogP contribution in [0.5, 0.6) is 0 Å². The predicted molar refractivity (Wildman–Crippen MR) is 70.9 cm³/mol. The van der Waals surface area contributed by atoms with E-state index < -0.39 is 5.97 Å². The summed E-state index contributed by atoms with van der Waals surface area (Å²) in [5.41, 5.74) is 1.40. The average Bonchev–Trinajstić information content (AvgIpc) is 3.04. The summed E-state index contributed by atoms with van der Waals surface area (Å²) in [6, 6.07) is 3.42. The highest BCUT2D eigenvalue weighted by Gasteiger charge is 2.07. The summed E-state index contributed by atoms with van der Waals surface area (Å²) >= 11 is 1.31. The molecule has 0 aliphatic carbocycles. The lowest BCUT2D eigenvalue weighted by Gasteiger charge is -2.00. The molecule has 6 heteroatoms. The van der Waals surface area contributed by atoms with E-state index in [1.165, 1.54) is 17.4 Å². The molecule has 0 unspecified atom stereocenters. The Labute approximate surface area is 113 Å². The van der Waals surface area contributed by atoms with Crippen molar-refractivity contribution in [2.24, 2.45) is 0 Å². The van der Waals surface area contributed by atoms with Gasteiger partial charge in [-0.2, -0.15) is 0 Å². The Hall–Kier alpha value is -2.34. The van der Waals surface area contributed by atoms with Crippen molar-refractivity contribution in [2.75, 3.05) is 0 Å². The fourth-order valence-electron chi connectivity index (χ4n) is 1.39. The van der Waals surface area contributed by atoms with Gasteiger partial charge in [0.2, 0.25) is 0 Å². The summed E-state index contributed by atoms with van der Waals surface area (Å²) in [4.78, 5) is 22.9. The molecule has 0 spiro atoms. The first-order valence-corrected chi connectivity index (χ1v) is 6.32. The Bertz CT molecular complexity index is 598. The van der Waals surface area contributed by atoms with Gasteiger partial charge in [0.05, 0.1) is 18.1 Å². The van der Waals surface area contributed by atoms with Crippen molar-refractivity contribution in [3.63, 3.8) is 0 Å². The zero-order valence-corrected chi connectivity index (χ0v) is 10.6. The lowest BCUT2D eigenvalue weighted by atomic mass is 10.2. The first kappa shape index (κ1) is 13.1. The molecule has 1 amide bonds. The van der Waals surface area contributed by atoms with Crippen LogP contribution in [0, 0.1) is 0 Å². The summed E-state index contributed by atoms with van der Waals surface area (Å²) in [5.74, 6) is -1.22. The molecular weight excluding hydrogens is 266 g/mol. The first-order chi connectivity index (χ1) is 9.15. The summed E-state index contributed by atoms with van der Waals surface area (Å²) in [6.45, 7) is 0.394. The van der Waals surface area contributed by atoms with Gasteiger partial charge in [-0.05, 0) is 18.2 Å². The quantitative estimate of drug-likeness (QED) is 0.822. The number of carboxylic acid groups (broad SMARTS) is 1. The minimum Gasteiger partial charge on any atom is -0.478 e. The van der Waals surface area contributed by atoms with Crippen LogP contribution in [-0.4, -0.2) is 17.0 Å². The van der Waals surface area contributed by atoms with Gasteiger partial charge < -0.3 is 14.8 Å². The third kappa shape index (κ3) is 3.82. The number of aliphatic carboxylic acids is 1. The van der Waals surface area contributed by atoms with E-state index in [0.717, 1.165) is 16.5 Å². The number of thiophene rings is 1. The van der Waals surface area contributed by atoms with Crippen LogP contribution in [0.25, 0.3) is 6.08 Å². The van der Waals surface area contributed by atoms with E-state index in [0.29, 0.717) is 12.1 Å². The van der Waals surface area contributed by atoms with E-state index in [4.69, 9.17) is 9.52 Å². The molecule has 0 radical (unpaired) electrons. The van der Waals surface area contributed by atoms with Crippen molar-refractivity contribution in [1.29, 1.82) is 0 Å². The zero-order valence-electron chi connectivity index (χ0n) is 9.83. The molecule has 0 aromatic carbocycles. The number of amides is 1. The Morgan fingerprint density at radius 2 is 2.32 bits per heavy atom. The molecule has 2 N–H and O–H groups in total. The number of carbonyl (C=O) groups excluding carboxylic acids is 1. The van der Waals surface area contributed by atoms with Gasteiger partial charge in [-0.25, -0.2) is 4.79 Å². The Kier molecular flexibility index (Phi) is 4.15. The molecule has 19 heavy (non-hydrogen) atoms. The average molecular weight is 277 g/mol. The maximum Gasteiger partial charge on any atom is 0.328 e. The van der Waals surface area contributed by atoms with Crippen molar-refractivity contribution in [1.82, 2.24) is 5.32 Å². The maximum absolute atomic E-state index is 11.8. The lowest BCUT2D eigenvalue weighted by Crippen LogP contribution is -2.21. The predicted octanol–water partition coefficient (Wildman–Crippen LogP) is 2.37. The fraction of sp³-hybridized carbons (Fsp3) is 0.0769. The van der Waals surface area contributed by atoms with Crippen LogP contribution in [0.15, 0.2) is 40.5 Å². The summed E-state index contributed by atoms with van der Waals surface area (Å²) in [6.07, 6.45) is 5.61. The number of rotatable bonds is 5. The van der Waals surface area contributed by atoms with Crippen LogP contribution >= 0.6 is 11.3 Å². The largest absolute Gasteiger partial charge is 0.478 e. The number of nitrogens with one attached hydrogen (secondary N) is 1. The van der Waals surface area contributed by atoms with Crippen molar-refractivity contribution in [2.45, 2.75) is 6.54 Å². The fourth-order valence-corrected chi connectivity index (χ4v) is 2.17. The smallest absolute Gasteiger partial charge is 0.328 e. The van der Waals surface area contributed by atoms with Crippen LogP contribution in [-0.2, 0) is 11.3 Å². The van der Waals surface area contributed by atoms with Gasteiger partial charge in [0, 0.05) is 28.4 Å². The molecule has 5 nitrogen and oxygen atoms in total. The second-order valence-electron chi connectivity index (χ2n) is 3.72. The van der Waals surface area contributed by atoms with Crippen molar-refractivity contribution < 1.29 is 19.1 Å². The van der Waals surface area contributed by atoms with Crippen molar-refractivity contribution >= 4 is 29.3 Å². The highest BCUT2D eigenvalue weighted by Crippen LogP contribution is 2.16. The number of hydrogen-bond acceptors (Lipinski definition) is 4. The molecule has 0 aliphatic rings. The maximum atomic E-state index is 11.8. The van der Waals surface area contributed by atoms with Gasteiger partial charge in [-0.15, -0.1) is 11.3 Å². The van der Waals surface area contributed by atoms with Gasteiger partial charge in [0.25, 0.3) is 5.91 Å². The normalized spacial score (nSPS) is 10.7. The number of furan rings is 1. The first-order valence-electron chi connectivity index (χ1n) is 5.44. The van der Waals surface area contributed by atoms with E-state index >= 15 is 0 Å². The Morgan fingerprint density at radius 3 is 3.00 bits per heavy atom. The molecule has 2 aromatic rings. The molecule has 98 valence electrons. The molecule has 0 fully saturated rings. The molecule has 2 heterocycles. The summed E-state index contributed by atoms with van der Waals surface area (Å²) < 4.78 is 4.90. The molecule has 0 saturated heterocycles.